The molecule has 0 amide bonds. The predicted molar refractivity (Wildman–Crippen MR) is 93.5 cm³/mol. The Morgan fingerprint density at radius 2 is 1.96 bits per heavy atom. The number of fused-ring (bicyclic) bond motifs is 1. The fourth-order valence-corrected chi connectivity index (χ4v) is 2.60. The standard InChI is InChI=1S/C17H17F2N5O2/c1-24(16-11-4-6-14(20)23-15(11)21-9-22-16)8-10-3-5-12(25-2)13(7-10)26-17(18)19/h3-7,9,17H,8H2,1-2H3,(H2,20,21,22,23). The summed E-state index contributed by atoms with van der Waals surface area (Å²) >= 11 is 0. The van der Waals surface area contributed by atoms with Crippen LogP contribution in [0.4, 0.5) is 20.4 Å². The number of rotatable bonds is 6. The number of aromatic nitrogens is 3. The summed E-state index contributed by atoms with van der Waals surface area (Å²) < 4.78 is 34.7. The number of halogens is 2. The number of nitrogen functional groups attached to an aromatic ring is 1. The predicted octanol–water partition coefficient (Wildman–Crippen LogP) is 2.85. The van der Waals surface area contributed by atoms with Gasteiger partial charge in [-0.3, -0.25) is 0 Å². The molecular weight excluding hydrogens is 344 g/mol. The SMILES string of the molecule is COc1ccc(CN(C)c2ncnc3nc(N)ccc23)cc1OC(F)F. The van der Waals surface area contributed by atoms with Gasteiger partial charge in [-0.1, -0.05) is 6.07 Å². The molecule has 0 aliphatic rings. The highest BCUT2D eigenvalue weighted by Gasteiger charge is 2.14. The Kier molecular flexibility index (Phi) is 4.97. The van der Waals surface area contributed by atoms with Gasteiger partial charge in [-0.05, 0) is 29.8 Å². The molecule has 0 fully saturated rings. The molecule has 0 bridgehead atoms. The molecule has 3 rings (SSSR count). The van der Waals surface area contributed by atoms with E-state index in [9.17, 15) is 8.78 Å². The Morgan fingerprint density at radius 3 is 2.69 bits per heavy atom. The van der Waals surface area contributed by atoms with Gasteiger partial charge in [0.2, 0.25) is 0 Å². The molecular formula is C17H17F2N5O2. The zero-order chi connectivity index (χ0) is 18.7. The topological polar surface area (TPSA) is 86.4 Å². The molecule has 2 N–H and O–H groups in total. The summed E-state index contributed by atoms with van der Waals surface area (Å²) in [5.41, 5.74) is 6.92. The summed E-state index contributed by atoms with van der Waals surface area (Å²) in [7, 11) is 3.22. The summed E-state index contributed by atoms with van der Waals surface area (Å²) in [4.78, 5) is 14.4. The van der Waals surface area contributed by atoms with Crippen molar-refractivity contribution in [2.75, 3.05) is 24.8 Å². The number of hydrogen-bond acceptors (Lipinski definition) is 7. The van der Waals surface area contributed by atoms with E-state index in [1.54, 1.807) is 24.3 Å². The Morgan fingerprint density at radius 1 is 1.15 bits per heavy atom. The first kappa shape index (κ1) is 17.6. The second kappa shape index (κ2) is 7.34. The zero-order valence-corrected chi connectivity index (χ0v) is 14.2. The van der Waals surface area contributed by atoms with Gasteiger partial charge < -0.3 is 20.1 Å². The van der Waals surface area contributed by atoms with Crippen molar-refractivity contribution in [1.82, 2.24) is 15.0 Å². The molecule has 1 aromatic carbocycles. The van der Waals surface area contributed by atoms with Gasteiger partial charge in [0.15, 0.2) is 17.1 Å². The largest absolute Gasteiger partial charge is 0.493 e. The molecule has 7 nitrogen and oxygen atoms in total. The first-order valence-electron chi connectivity index (χ1n) is 7.68. The van der Waals surface area contributed by atoms with Gasteiger partial charge in [0.05, 0.1) is 12.5 Å². The number of ether oxygens (including phenoxy) is 2. The van der Waals surface area contributed by atoms with Gasteiger partial charge in [-0.2, -0.15) is 8.78 Å². The molecule has 0 atom stereocenters. The van der Waals surface area contributed by atoms with E-state index >= 15 is 0 Å². The van der Waals surface area contributed by atoms with E-state index in [4.69, 9.17) is 10.5 Å². The van der Waals surface area contributed by atoms with Crippen LogP contribution in [0.5, 0.6) is 11.5 Å². The molecule has 0 spiro atoms. The highest BCUT2D eigenvalue weighted by molar-refractivity contribution is 5.87. The first-order valence-corrected chi connectivity index (χ1v) is 7.68. The minimum absolute atomic E-state index is 0.0182. The average molecular weight is 361 g/mol. The highest BCUT2D eigenvalue weighted by Crippen LogP contribution is 2.31. The van der Waals surface area contributed by atoms with Gasteiger partial charge >= 0.3 is 6.61 Å². The summed E-state index contributed by atoms with van der Waals surface area (Å²) in [6.07, 6.45) is 1.40. The average Bonchev–Trinajstić information content (AvgIpc) is 2.60. The fourth-order valence-electron chi connectivity index (χ4n) is 2.60. The minimum Gasteiger partial charge on any atom is -0.493 e. The molecule has 2 heterocycles. The monoisotopic (exact) mass is 361 g/mol. The Balaban J connectivity index is 1.89. The molecule has 9 heteroatoms. The van der Waals surface area contributed by atoms with Crippen LogP contribution in [0.15, 0.2) is 36.7 Å². The van der Waals surface area contributed by atoms with E-state index in [1.807, 2.05) is 11.9 Å². The van der Waals surface area contributed by atoms with Crippen LogP contribution in [0.3, 0.4) is 0 Å². The van der Waals surface area contributed by atoms with E-state index < -0.39 is 6.61 Å². The Labute approximate surface area is 148 Å². The first-order chi connectivity index (χ1) is 12.5. The van der Waals surface area contributed by atoms with Gasteiger partial charge in [0, 0.05) is 13.6 Å². The number of anilines is 2. The van der Waals surface area contributed by atoms with Crippen LogP contribution in [-0.2, 0) is 6.54 Å². The number of pyridine rings is 1. The lowest BCUT2D eigenvalue weighted by molar-refractivity contribution is -0.0512. The molecule has 136 valence electrons. The molecule has 3 aromatic rings. The van der Waals surface area contributed by atoms with Gasteiger partial charge in [0.1, 0.15) is 18.0 Å². The van der Waals surface area contributed by atoms with Crippen LogP contribution in [0.2, 0.25) is 0 Å². The number of nitrogens with two attached hydrogens (primary N) is 1. The molecule has 26 heavy (non-hydrogen) atoms. The van der Waals surface area contributed by atoms with Gasteiger partial charge in [-0.25, -0.2) is 15.0 Å². The summed E-state index contributed by atoms with van der Waals surface area (Å²) in [5.74, 6) is 1.24. The number of alkyl halides is 2. The van der Waals surface area contributed by atoms with E-state index in [2.05, 4.69) is 19.7 Å². The maximum atomic E-state index is 12.6. The number of nitrogens with zero attached hydrogens (tertiary/aromatic N) is 4. The van der Waals surface area contributed by atoms with E-state index in [0.717, 1.165) is 10.9 Å². The third-order valence-corrected chi connectivity index (χ3v) is 3.72. The van der Waals surface area contributed by atoms with Crippen molar-refractivity contribution in [3.63, 3.8) is 0 Å². The van der Waals surface area contributed by atoms with Crippen LogP contribution < -0.4 is 20.1 Å². The van der Waals surface area contributed by atoms with Crippen molar-refractivity contribution in [1.29, 1.82) is 0 Å². The lowest BCUT2D eigenvalue weighted by Crippen LogP contribution is -2.18. The third-order valence-electron chi connectivity index (χ3n) is 3.72. The molecule has 0 saturated heterocycles. The lowest BCUT2D eigenvalue weighted by atomic mass is 10.2. The van der Waals surface area contributed by atoms with Crippen molar-refractivity contribution >= 4 is 22.7 Å². The van der Waals surface area contributed by atoms with Crippen molar-refractivity contribution in [2.24, 2.45) is 0 Å². The van der Waals surface area contributed by atoms with Crippen LogP contribution in [-0.4, -0.2) is 35.7 Å². The molecule has 0 aliphatic carbocycles. The summed E-state index contributed by atoms with van der Waals surface area (Å²) in [6, 6.07) is 8.34. The summed E-state index contributed by atoms with van der Waals surface area (Å²) in [6.45, 7) is -2.53. The van der Waals surface area contributed by atoms with Crippen LogP contribution in [0, 0.1) is 0 Å². The molecule has 0 radical (unpaired) electrons. The second-order valence-corrected chi connectivity index (χ2v) is 5.52. The molecule has 2 aromatic heterocycles. The van der Waals surface area contributed by atoms with Crippen molar-refractivity contribution < 1.29 is 18.3 Å². The summed E-state index contributed by atoms with van der Waals surface area (Å²) in [5, 5.41) is 0.738. The van der Waals surface area contributed by atoms with Crippen LogP contribution >= 0.6 is 0 Å². The maximum Gasteiger partial charge on any atom is 0.387 e. The zero-order valence-electron chi connectivity index (χ0n) is 14.2. The molecule has 0 unspecified atom stereocenters. The maximum absolute atomic E-state index is 12.6. The van der Waals surface area contributed by atoms with Gasteiger partial charge in [0.25, 0.3) is 0 Å². The van der Waals surface area contributed by atoms with E-state index in [0.29, 0.717) is 23.8 Å². The highest BCUT2D eigenvalue weighted by atomic mass is 19.3. The van der Waals surface area contributed by atoms with Crippen molar-refractivity contribution in [3.05, 3.63) is 42.2 Å². The molecule has 0 aliphatic heterocycles. The van der Waals surface area contributed by atoms with Crippen LogP contribution in [0.25, 0.3) is 11.0 Å². The molecule has 0 saturated carbocycles. The normalized spacial score (nSPS) is 11.0. The number of methoxy groups -OCH3 is 1. The van der Waals surface area contributed by atoms with Crippen molar-refractivity contribution in [3.8, 4) is 11.5 Å². The van der Waals surface area contributed by atoms with Crippen LogP contribution in [0.1, 0.15) is 5.56 Å². The van der Waals surface area contributed by atoms with Crippen molar-refractivity contribution in [2.45, 2.75) is 13.2 Å². The number of benzene rings is 1. The quantitative estimate of drug-likeness (QED) is 0.722. The van der Waals surface area contributed by atoms with Gasteiger partial charge in [-0.15, -0.1) is 0 Å². The van der Waals surface area contributed by atoms with E-state index in [1.165, 1.54) is 19.5 Å². The smallest absolute Gasteiger partial charge is 0.387 e. The minimum atomic E-state index is -2.93. The number of hydrogen-bond donors (Lipinski definition) is 1. The van der Waals surface area contributed by atoms with E-state index in [-0.39, 0.29) is 11.5 Å². The third kappa shape index (κ3) is 3.71. The Bertz CT molecular complexity index is 923. The second-order valence-electron chi connectivity index (χ2n) is 5.52. The fraction of sp³-hybridized carbons (Fsp3) is 0.235. The Hall–Kier alpha value is -3.23. The lowest BCUT2D eigenvalue weighted by Gasteiger charge is -2.20.